The van der Waals surface area contributed by atoms with Crippen LogP contribution in [0, 0.1) is 0 Å². The Morgan fingerprint density at radius 2 is 1.09 bits per heavy atom. The van der Waals surface area contributed by atoms with Crippen LogP contribution in [0.2, 0.25) is 0 Å². The Bertz CT molecular complexity index is 347. The number of rotatable bonds is 13. The van der Waals surface area contributed by atoms with Crippen molar-refractivity contribution in [2.75, 3.05) is 13.1 Å². The summed E-state index contributed by atoms with van der Waals surface area (Å²) in [6, 6.07) is 0. The van der Waals surface area contributed by atoms with Crippen LogP contribution in [-0.2, 0) is 9.13 Å². The van der Waals surface area contributed by atoms with Gasteiger partial charge in [-0.2, -0.15) is 0 Å². The van der Waals surface area contributed by atoms with Gasteiger partial charge in [0.25, 0.3) is 0 Å². The largest absolute Gasteiger partial charge is 0.354 e. The SMILES string of the molecule is CCCCCCN(CCCCCC)C(P(=O)(O)O)P(=O)(O)O. The molecule has 4 N–H and O–H groups in total. The first-order valence-electron chi connectivity index (χ1n) is 7.99. The fourth-order valence-electron chi connectivity index (χ4n) is 2.45. The highest BCUT2D eigenvalue weighted by atomic mass is 31.2. The molecule has 0 amide bonds. The van der Waals surface area contributed by atoms with Gasteiger partial charge < -0.3 is 19.6 Å². The fraction of sp³-hybridized carbons (Fsp3) is 1.00. The summed E-state index contributed by atoms with van der Waals surface area (Å²) in [7, 11) is -9.80. The fourth-order valence-corrected chi connectivity index (χ4v) is 5.33. The molecule has 134 valence electrons. The summed E-state index contributed by atoms with van der Waals surface area (Å²) >= 11 is 0. The lowest BCUT2D eigenvalue weighted by Crippen LogP contribution is -2.36. The minimum atomic E-state index is -4.90. The molecule has 0 aromatic heterocycles. The molecule has 0 unspecified atom stereocenters. The zero-order chi connectivity index (χ0) is 17.2. The second-order valence-electron chi connectivity index (χ2n) is 5.68. The van der Waals surface area contributed by atoms with Gasteiger partial charge in [0.1, 0.15) is 0 Å². The van der Waals surface area contributed by atoms with E-state index in [0.717, 1.165) is 38.5 Å². The van der Waals surface area contributed by atoms with E-state index in [1.165, 1.54) is 4.90 Å². The zero-order valence-electron chi connectivity index (χ0n) is 13.6. The molecule has 0 aromatic rings. The Balaban J connectivity index is 4.89. The van der Waals surface area contributed by atoms with Crippen molar-refractivity contribution in [2.24, 2.45) is 0 Å². The average Bonchev–Trinajstić information content (AvgIpc) is 2.36. The van der Waals surface area contributed by atoms with E-state index < -0.39 is 20.7 Å². The molecule has 0 aliphatic carbocycles. The van der Waals surface area contributed by atoms with E-state index in [9.17, 15) is 28.7 Å². The number of hydrogen-bond acceptors (Lipinski definition) is 3. The van der Waals surface area contributed by atoms with Crippen molar-refractivity contribution < 1.29 is 28.7 Å². The summed E-state index contributed by atoms with van der Waals surface area (Å²) in [5, 5.41) is 0. The van der Waals surface area contributed by atoms with Crippen LogP contribution in [-0.4, -0.2) is 43.1 Å². The molecule has 0 atom stereocenters. The van der Waals surface area contributed by atoms with E-state index in [0.29, 0.717) is 25.9 Å². The quantitative estimate of drug-likeness (QED) is 0.295. The molecule has 7 nitrogen and oxygen atoms in total. The standard InChI is InChI=1S/C13H31NO6P2/c1-3-5-7-9-11-14(12-10-8-6-4-2)13(21(15,16)17)22(18,19)20/h13H,3-12H2,1-2H3,(H2,15,16,17)(H2,18,19,20). The molecular formula is C13H31NO6P2. The van der Waals surface area contributed by atoms with Gasteiger partial charge in [0.15, 0.2) is 0 Å². The third kappa shape index (κ3) is 9.41. The molecule has 0 saturated heterocycles. The summed E-state index contributed by atoms with van der Waals surface area (Å²) in [4.78, 5) is 38.8. The number of unbranched alkanes of at least 4 members (excludes halogenated alkanes) is 6. The van der Waals surface area contributed by atoms with Crippen molar-refractivity contribution in [3.63, 3.8) is 0 Å². The Hall–Kier alpha value is 0.260. The summed E-state index contributed by atoms with van der Waals surface area (Å²) in [5.74, 6) is 0. The van der Waals surface area contributed by atoms with Crippen molar-refractivity contribution in [2.45, 2.75) is 70.7 Å². The van der Waals surface area contributed by atoms with Gasteiger partial charge in [-0.25, -0.2) is 0 Å². The Morgan fingerprint density at radius 3 is 1.36 bits per heavy atom. The van der Waals surface area contributed by atoms with Crippen molar-refractivity contribution in [1.29, 1.82) is 0 Å². The van der Waals surface area contributed by atoms with Crippen LogP contribution in [0.4, 0.5) is 0 Å². The van der Waals surface area contributed by atoms with Crippen molar-refractivity contribution in [3.8, 4) is 0 Å². The van der Waals surface area contributed by atoms with Crippen LogP contribution in [0.1, 0.15) is 65.2 Å². The maximum atomic E-state index is 11.6. The van der Waals surface area contributed by atoms with Crippen LogP contribution in [0.25, 0.3) is 0 Å². The van der Waals surface area contributed by atoms with E-state index in [-0.39, 0.29) is 0 Å². The van der Waals surface area contributed by atoms with E-state index in [2.05, 4.69) is 13.8 Å². The first-order valence-corrected chi connectivity index (χ1v) is 11.3. The van der Waals surface area contributed by atoms with Crippen LogP contribution in [0.3, 0.4) is 0 Å². The summed E-state index contributed by atoms with van der Waals surface area (Å²) < 4.78 is 23.1. The molecule has 0 heterocycles. The van der Waals surface area contributed by atoms with Gasteiger partial charge in [0, 0.05) is 0 Å². The minimum Gasteiger partial charge on any atom is -0.323 e. The molecule has 0 aliphatic rings. The van der Waals surface area contributed by atoms with Gasteiger partial charge in [-0.1, -0.05) is 52.4 Å². The summed E-state index contributed by atoms with van der Waals surface area (Å²) in [6.45, 7) is 4.70. The van der Waals surface area contributed by atoms with Gasteiger partial charge in [-0.3, -0.25) is 14.0 Å². The maximum absolute atomic E-state index is 11.6. The first kappa shape index (κ1) is 22.3. The molecule has 0 aliphatic heterocycles. The molecule has 0 saturated carbocycles. The smallest absolute Gasteiger partial charge is 0.323 e. The third-order valence-electron chi connectivity index (χ3n) is 3.53. The maximum Gasteiger partial charge on any atom is 0.354 e. The molecule has 9 heteroatoms. The van der Waals surface area contributed by atoms with Crippen molar-refractivity contribution in [3.05, 3.63) is 0 Å². The normalized spacial score (nSPS) is 13.3. The Morgan fingerprint density at radius 1 is 0.727 bits per heavy atom. The first-order chi connectivity index (χ1) is 10.1. The van der Waals surface area contributed by atoms with Crippen LogP contribution >= 0.6 is 15.2 Å². The summed E-state index contributed by atoms with van der Waals surface area (Å²) in [5.41, 5.74) is -2.01. The molecule has 0 spiro atoms. The van der Waals surface area contributed by atoms with Crippen molar-refractivity contribution >= 4 is 15.2 Å². The number of nitrogens with zero attached hydrogens (tertiary/aromatic N) is 1. The second kappa shape index (κ2) is 10.9. The van der Waals surface area contributed by atoms with Gasteiger partial charge in [0.2, 0.25) is 5.52 Å². The lowest BCUT2D eigenvalue weighted by atomic mass is 10.2. The molecule has 0 bridgehead atoms. The van der Waals surface area contributed by atoms with Crippen LogP contribution in [0.15, 0.2) is 0 Å². The minimum absolute atomic E-state index is 0.299. The summed E-state index contributed by atoms with van der Waals surface area (Å²) in [6.07, 6.45) is 7.18. The Kier molecular flexibility index (Phi) is 11.1. The van der Waals surface area contributed by atoms with E-state index in [1.54, 1.807) is 0 Å². The lowest BCUT2D eigenvalue weighted by molar-refractivity contribution is 0.217. The zero-order valence-corrected chi connectivity index (χ0v) is 15.4. The van der Waals surface area contributed by atoms with E-state index in [4.69, 9.17) is 0 Å². The van der Waals surface area contributed by atoms with Crippen LogP contribution < -0.4 is 0 Å². The van der Waals surface area contributed by atoms with Crippen molar-refractivity contribution in [1.82, 2.24) is 4.90 Å². The highest BCUT2D eigenvalue weighted by Crippen LogP contribution is 2.61. The molecule has 22 heavy (non-hydrogen) atoms. The highest BCUT2D eigenvalue weighted by Gasteiger charge is 2.47. The molecule has 0 fully saturated rings. The highest BCUT2D eigenvalue weighted by molar-refractivity contribution is 7.70. The third-order valence-corrected chi connectivity index (χ3v) is 7.19. The van der Waals surface area contributed by atoms with Gasteiger partial charge in [-0.05, 0) is 25.9 Å². The Labute approximate surface area is 133 Å². The molecule has 0 radical (unpaired) electrons. The predicted molar refractivity (Wildman–Crippen MR) is 87.7 cm³/mol. The molecular weight excluding hydrogens is 328 g/mol. The lowest BCUT2D eigenvalue weighted by Gasteiger charge is -2.32. The molecule has 0 rings (SSSR count). The van der Waals surface area contributed by atoms with Gasteiger partial charge in [0.05, 0.1) is 0 Å². The second-order valence-corrected chi connectivity index (χ2v) is 9.42. The topological polar surface area (TPSA) is 118 Å². The molecule has 0 aromatic carbocycles. The predicted octanol–water partition coefficient (Wildman–Crippen LogP) is 3.09. The average molecular weight is 359 g/mol. The number of hydrogen-bond donors (Lipinski definition) is 4. The van der Waals surface area contributed by atoms with Gasteiger partial charge in [-0.15, -0.1) is 0 Å². The monoisotopic (exact) mass is 359 g/mol. The van der Waals surface area contributed by atoms with E-state index in [1.807, 2.05) is 0 Å². The van der Waals surface area contributed by atoms with Crippen LogP contribution in [0.5, 0.6) is 0 Å². The van der Waals surface area contributed by atoms with Gasteiger partial charge >= 0.3 is 15.2 Å². The van der Waals surface area contributed by atoms with E-state index >= 15 is 0 Å².